The summed E-state index contributed by atoms with van der Waals surface area (Å²) in [6, 6.07) is 5.86. The number of thioether (sulfide) groups is 1. The Hall–Kier alpha value is -2.88. The highest BCUT2D eigenvalue weighted by atomic mass is 32.2. The van der Waals surface area contributed by atoms with Crippen molar-refractivity contribution in [3.8, 4) is 5.75 Å². The van der Waals surface area contributed by atoms with E-state index in [9.17, 15) is 14.4 Å². The Morgan fingerprint density at radius 2 is 1.93 bits per heavy atom. The lowest BCUT2D eigenvalue weighted by atomic mass is 10.2. The molecule has 1 aromatic rings. The topological polar surface area (TPSA) is 94.3 Å². The molecule has 0 saturated carbocycles. The van der Waals surface area contributed by atoms with E-state index < -0.39 is 12.1 Å². The van der Waals surface area contributed by atoms with E-state index in [4.69, 9.17) is 4.74 Å². The molecule has 0 bridgehead atoms. The molecule has 10 heteroatoms. The predicted molar refractivity (Wildman–Crippen MR) is 102 cm³/mol. The third kappa shape index (κ3) is 3.52. The molecule has 27 heavy (non-hydrogen) atoms. The van der Waals surface area contributed by atoms with Crippen LogP contribution in [0.25, 0.3) is 0 Å². The van der Waals surface area contributed by atoms with Crippen molar-refractivity contribution in [1.29, 1.82) is 0 Å². The second-order valence-corrected chi connectivity index (χ2v) is 6.98. The van der Waals surface area contributed by atoms with E-state index in [-0.39, 0.29) is 17.6 Å². The number of methoxy groups -OCH3 is 1. The van der Waals surface area contributed by atoms with Crippen LogP contribution in [0.4, 0.5) is 10.5 Å². The van der Waals surface area contributed by atoms with E-state index in [2.05, 4.69) is 10.3 Å². The number of fused-ring (bicyclic) bond motifs is 1. The average Bonchev–Trinajstić information content (AvgIpc) is 3.00. The highest BCUT2D eigenvalue weighted by molar-refractivity contribution is 8.14. The summed E-state index contributed by atoms with van der Waals surface area (Å²) in [5.41, 5.74) is 0.660. The Balaban J connectivity index is 1.65. The van der Waals surface area contributed by atoms with Gasteiger partial charge in [0.1, 0.15) is 5.75 Å². The van der Waals surface area contributed by atoms with Crippen molar-refractivity contribution in [1.82, 2.24) is 9.80 Å². The minimum atomic E-state index is -0.755. The number of ether oxygens (including phenoxy) is 1. The van der Waals surface area contributed by atoms with Gasteiger partial charge in [0.05, 0.1) is 27.0 Å². The van der Waals surface area contributed by atoms with E-state index in [1.165, 1.54) is 23.7 Å². The second kappa shape index (κ2) is 7.39. The van der Waals surface area contributed by atoms with Gasteiger partial charge in [0, 0.05) is 12.7 Å². The summed E-state index contributed by atoms with van der Waals surface area (Å²) >= 11 is 1.21. The molecule has 4 amide bonds. The zero-order chi connectivity index (χ0) is 19.7. The predicted octanol–water partition coefficient (Wildman–Crippen LogP) is 0.670. The van der Waals surface area contributed by atoms with Crippen molar-refractivity contribution >= 4 is 46.3 Å². The van der Waals surface area contributed by atoms with E-state index in [1.54, 1.807) is 50.0 Å². The number of imide groups is 1. The van der Waals surface area contributed by atoms with Gasteiger partial charge in [-0.05, 0) is 36.0 Å². The zero-order valence-corrected chi connectivity index (χ0v) is 16.2. The molecule has 0 radical (unpaired) electrons. The molecule has 0 aromatic heterocycles. The molecule has 142 valence electrons. The average molecular weight is 390 g/mol. The van der Waals surface area contributed by atoms with E-state index in [1.807, 2.05) is 0 Å². The summed E-state index contributed by atoms with van der Waals surface area (Å²) in [7, 11) is 6.33. The fourth-order valence-corrected chi connectivity index (χ4v) is 3.65. The molecule has 2 aliphatic rings. The molecule has 2 aliphatic heterocycles. The number of amidine groups is 2. The Labute approximate surface area is 160 Å². The highest BCUT2D eigenvalue weighted by Gasteiger charge is 2.51. The van der Waals surface area contributed by atoms with Crippen LogP contribution in [0.15, 0.2) is 29.3 Å². The van der Waals surface area contributed by atoms with Gasteiger partial charge in [-0.3, -0.25) is 14.5 Å². The van der Waals surface area contributed by atoms with Crippen LogP contribution in [0, 0.1) is 0 Å². The Morgan fingerprint density at radius 1 is 1.26 bits per heavy atom. The number of carbonyl (C=O) groups is 3. The van der Waals surface area contributed by atoms with Crippen molar-refractivity contribution < 1.29 is 23.7 Å². The lowest BCUT2D eigenvalue weighted by Gasteiger charge is -2.27. The first-order valence-corrected chi connectivity index (χ1v) is 9.12. The lowest BCUT2D eigenvalue weighted by Crippen LogP contribution is -2.59. The van der Waals surface area contributed by atoms with Crippen LogP contribution in [0.1, 0.15) is 0 Å². The minimum absolute atomic E-state index is 0.122. The number of hydrogen-bond acceptors (Lipinski definition) is 6. The molecule has 0 aliphatic carbocycles. The first-order valence-electron chi connectivity index (χ1n) is 8.13. The first kappa shape index (κ1) is 18.9. The van der Waals surface area contributed by atoms with Crippen LogP contribution in [0.3, 0.4) is 0 Å². The van der Waals surface area contributed by atoms with E-state index in [0.29, 0.717) is 22.4 Å². The van der Waals surface area contributed by atoms with Crippen LogP contribution in [0.2, 0.25) is 0 Å². The number of rotatable bonds is 4. The molecule has 1 aromatic carbocycles. The van der Waals surface area contributed by atoms with Gasteiger partial charge in [-0.15, -0.1) is 4.99 Å². The van der Waals surface area contributed by atoms with Gasteiger partial charge >= 0.3 is 6.03 Å². The summed E-state index contributed by atoms with van der Waals surface area (Å²) in [6.45, 7) is 0. The fraction of sp³-hybridized carbons (Fsp3) is 0.353. The maximum absolute atomic E-state index is 12.3. The standard InChI is InChI=1S/C17H19N5O4S/c1-20-14-13(15(24)22(3)17(25)21(14)2)19-16(20)27-9-12(23)18-10-5-7-11(26-4)8-6-10/h5-8,13H,9H2,1-4H3/p+1. The van der Waals surface area contributed by atoms with Gasteiger partial charge in [-0.1, -0.05) is 0 Å². The minimum Gasteiger partial charge on any atom is -0.497 e. The highest BCUT2D eigenvalue weighted by Crippen LogP contribution is 2.22. The third-order valence-electron chi connectivity index (χ3n) is 4.30. The number of anilines is 1. The number of carbonyl (C=O) groups excluding carboxylic acids is 3. The molecule has 3 rings (SSSR count). The number of hydrogen-bond donors (Lipinski definition) is 1. The molecule has 9 nitrogen and oxygen atoms in total. The smallest absolute Gasteiger partial charge is 0.388 e. The SMILES string of the molecule is COc1ccc(NC(=O)CSC2=NC3C(=O)N(C)C(=O)N(C)C3=[N+]2C)cc1. The zero-order valence-electron chi connectivity index (χ0n) is 15.4. The molecule has 1 N–H and O–H groups in total. The molecular formula is C17H20N5O4S+. The molecule has 2 heterocycles. The number of amides is 4. The summed E-state index contributed by atoms with van der Waals surface area (Å²) in [5, 5.41) is 3.31. The molecule has 0 spiro atoms. The van der Waals surface area contributed by atoms with Crippen LogP contribution in [-0.2, 0) is 9.59 Å². The third-order valence-corrected chi connectivity index (χ3v) is 5.35. The maximum Gasteiger partial charge on any atom is 0.388 e. The second-order valence-electron chi connectivity index (χ2n) is 6.04. The fourth-order valence-electron chi connectivity index (χ4n) is 2.85. The summed E-state index contributed by atoms with van der Waals surface area (Å²) in [6.07, 6.45) is 0. The van der Waals surface area contributed by atoms with Crippen molar-refractivity contribution in [3.05, 3.63) is 24.3 Å². The van der Waals surface area contributed by atoms with Crippen molar-refractivity contribution in [2.75, 3.05) is 39.3 Å². The summed E-state index contributed by atoms with van der Waals surface area (Å²) < 4.78 is 6.76. The summed E-state index contributed by atoms with van der Waals surface area (Å²) in [5.74, 6) is 0.752. The van der Waals surface area contributed by atoms with Crippen LogP contribution >= 0.6 is 11.8 Å². The van der Waals surface area contributed by atoms with E-state index >= 15 is 0 Å². The Bertz CT molecular complexity index is 865. The number of likely N-dealkylation sites (N-methyl/N-ethyl adjacent to an activating group) is 2. The van der Waals surface area contributed by atoms with Gasteiger partial charge < -0.3 is 10.1 Å². The normalized spacial score (nSPS) is 19.3. The molecule has 1 atom stereocenters. The van der Waals surface area contributed by atoms with Gasteiger partial charge in [0.2, 0.25) is 5.91 Å². The molecule has 1 fully saturated rings. The van der Waals surface area contributed by atoms with Gasteiger partial charge in [0.25, 0.3) is 23.0 Å². The van der Waals surface area contributed by atoms with Crippen LogP contribution in [0.5, 0.6) is 5.75 Å². The number of aliphatic imine (C=N–C) groups is 1. The largest absolute Gasteiger partial charge is 0.497 e. The first-order chi connectivity index (χ1) is 12.8. The van der Waals surface area contributed by atoms with Gasteiger partial charge in [0.15, 0.2) is 0 Å². The molecule has 1 saturated heterocycles. The van der Waals surface area contributed by atoms with Crippen LogP contribution in [-0.4, -0.2) is 83.3 Å². The maximum atomic E-state index is 12.3. The Morgan fingerprint density at radius 3 is 2.56 bits per heavy atom. The van der Waals surface area contributed by atoms with Crippen molar-refractivity contribution in [2.45, 2.75) is 6.04 Å². The van der Waals surface area contributed by atoms with Gasteiger partial charge in [-0.2, -0.15) is 0 Å². The number of nitrogens with one attached hydrogen (secondary N) is 1. The number of nitrogens with zero attached hydrogens (tertiary/aromatic N) is 4. The number of urea groups is 1. The monoisotopic (exact) mass is 390 g/mol. The van der Waals surface area contributed by atoms with Crippen molar-refractivity contribution in [3.63, 3.8) is 0 Å². The van der Waals surface area contributed by atoms with Crippen LogP contribution < -0.4 is 10.1 Å². The van der Waals surface area contributed by atoms with Crippen molar-refractivity contribution in [2.24, 2.45) is 4.99 Å². The Kier molecular flexibility index (Phi) is 5.17. The lowest BCUT2D eigenvalue weighted by molar-refractivity contribution is -0.367. The molecular weight excluding hydrogens is 370 g/mol. The molecule has 1 unspecified atom stereocenters. The quantitative estimate of drug-likeness (QED) is 0.763. The van der Waals surface area contributed by atoms with E-state index in [0.717, 1.165) is 4.90 Å². The van der Waals surface area contributed by atoms with Gasteiger partial charge in [-0.25, -0.2) is 14.3 Å². The summed E-state index contributed by atoms with van der Waals surface area (Å²) in [4.78, 5) is 43.5. The number of benzene rings is 1.